The Morgan fingerprint density at radius 3 is 2.05 bits per heavy atom. The minimum Gasteiger partial charge on any atom is -0.355 e. The number of hydrogen-bond acceptors (Lipinski definition) is 2. The van der Waals surface area contributed by atoms with Gasteiger partial charge in [-0.25, -0.2) is 0 Å². The number of carbonyl (C=O) groups excluding carboxylic acids is 1. The molecule has 19 heavy (non-hydrogen) atoms. The third-order valence-corrected chi connectivity index (χ3v) is 3.89. The van der Waals surface area contributed by atoms with Gasteiger partial charge in [0.25, 0.3) is 0 Å². The van der Waals surface area contributed by atoms with Gasteiger partial charge in [-0.05, 0) is 12.3 Å². The summed E-state index contributed by atoms with van der Waals surface area (Å²) in [6.45, 7) is 7.11. The molecule has 0 spiro atoms. The Kier molecular flexibility index (Phi) is 12.1. The van der Waals surface area contributed by atoms with Gasteiger partial charge in [-0.2, -0.15) is 0 Å². The van der Waals surface area contributed by atoms with Gasteiger partial charge in [0.2, 0.25) is 5.91 Å². The van der Waals surface area contributed by atoms with Crippen LogP contribution in [0.3, 0.4) is 0 Å². The van der Waals surface area contributed by atoms with Crippen LogP contribution in [0.25, 0.3) is 0 Å². The molecule has 0 saturated heterocycles. The molecule has 0 saturated carbocycles. The number of unbranched alkanes of at least 4 members (excludes halogenated alkanes) is 7. The lowest BCUT2D eigenvalue weighted by molar-refractivity contribution is -0.123. The molecule has 0 aromatic rings. The van der Waals surface area contributed by atoms with E-state index in [-0.39, 0.29) is 17.9 Å². The zero-order chi connectivity index (χ0) is 14.5. The molecule has 0 aromatic heterocycles. The highest BCUT2D eigenvalue weighted by Crippen LogP contribution is 2.08. The lowest BCUT2D eigenvalue weighted by atomic mass is 9.99. The Morgan fingerprint density at radius 2 is 1.53 bits per heavy atom. The summed E-state index contributed by atoms with van der Waals surface area (Å²) >= 11 is 0. The summed E-state index contributed by atoms with van der Waals surface area (Å²) in [7, 11) is 0. The van der Waals surface area contributed by atoms with E-state index in [1.165, 1.54) is 44.9 Å². The van der Waals surface area contributed by atoms with Crippen LogP contribution >= 0.6 is 0 Å². The number of carbonyl (C=O) groups is 1. The maximum atomic E-state index is 11.7. The van der Waals surface area contributed by atoms with Crippen LogP contribution in [0.5, 0.6) is 0 Å². The molecule has 0 aliphatic heterocycles. The largest absolute Gasteiger partial charge is 0.355 e. The van der Waals surface area contributed by atoms with Crippen molar-refractivity contribution >= 4 is 5.91 Å². The molecule has 0 fully saturated rings. The molecular weight excluding hydrogens is 236 g/mol. The van der Waals surface area contributed by atoms with Gasteiger partial charge in [-0.15, -0.1) is 0 Å². The van der Waals surface area contributed by atoms with Crippen molar-refractivity contribution in [3.05, 3.63) is 0 Å². The second-order valence-corrected chi connectivity index (χ2v) is 5.68. The summed E-state index contributed by atoms with van der Waals surface area (Å²) in [5.41, 5.74) is 5.87. The normalized spacial score (nSPS) is 14.1. The van der Waals surface area contributed by atoms with Gasteiger partial charge in [0.1, 0.15) is 0 Å². The van der Waals surface area contributed by atoms with Crippen LogP contribution in [-0.2, 0) is 4.79 Å². The minimum absolute atomic E-state index is 0.0114. The Morgan fingerprint density at radius 1 is 1.00 bits per heavy atom. The van der Waals surface area contributed by atoms with Crippen LogP contribution in [0.1, 0.15) is 78.6 Å². The molecule has 0 bridgehead atoms. The van der Waals surface area contributed by atoms with Crippen LogP contribution in [0.4, 0.5) is 0 Å². The van der Waals surface area contributed by atoms with Crippen LogP contribution in [-0.4, -0.2) is 18.5 Å². The van der Waals surface area contributed by atoms with Gasteiger partial charge < -0.3 is 11.1 Å². The van der Waals surface area contributed by atoms with E-state index < -0.39 is 0 Å². The third-order valence-electron chi connectivity index (χ3n) is 3.89. The van der Waals surface area contributed by atoms with E-state index in [4.69, 9.17) is 5.73 Å². The summed E-state index contributed by atoms with van der Waals surface area (Å²) in [4.78, 5) is 11.7. The van der Waals surface area contributed by atoms with Crippen LogP contribution in [0.2, 0.25) is 0 Å². The van der Waals surface area contributed by atoms with E-state index >= 15 is 0 Å². The second kappa shape index (κ2) is 12.5. The van der Waals surface area contributed by atoms with Gasteiger partial charge >= 0.3 is 0 Å². The Hall–Kier alpha value is -0.570. The average molecular weight is 270 g/mol. The first-order valence-corrected chi connectivity index (χ1v) is 8.16. The quantitative estimate of drug-likeness (QED) is 0.532. The molecule has 2 atom stereocenters. The van der Waals surface area contributed by atoms with E-state index in [0.717, 1.165) is 19.4 Å². The van der Waals surface area contributed by atoms with Crippen molar-refractivity contribution in [2.75, 3.05) is 6.54 Å². The molecule has 3 heteroatoms. The van der Waals surface area contributed by atoms with E-state index in [1.54, 1.807) is 0 Å². The van der Waals surface area contributed by atoms with Crippen molar-refractivity contribution in [1.82, 2.24) is 5.32 Å². The average Bonchev–Trinajstić information content (AvgIpc) is 2.43. The van der Waals surface area contributed by atoms with Gasteiger partial charge in [0.05, 0.1) is 6.04 Å². The first-order valence-electron chi connectivity index (χ1n) is 8.16. The molecule has 3 nitrogen and oxygen atoms in total. The first-order chi connectivity index (χ1) is 9.13. The molecule has 0 radical (unpaired) electrons. The van der Waals surface area contributed by atoms with Crippen LogP contribution in [0.15, 0.2) is 0 Å². The van der Waals surface area contributed by atoms with E-state index in [0.29, 0.717) is 0 Å². The van der Waals surface area contributed by atoms with E-state index in [1.807, 2.05) is 6.92 Å². The molecule has 3 N–H and O–H groups in total. The smallest absolute Gasteiger partial charge is 0.237 e. The van der Waals surface area contributed by atoms with Crippen molar-refractivity contribution in [3.63, 3.8) is 0 Å². The van der Waals surface area contributed by atoms with Crippen LogP contribution in [0, 0.1) is 5.92 Å². The summed E-state index contributed by atoms with van der Waals surface area (Å²) in [6, 6.07) is -0.348. The fourth-order valence-electron chi connectivity index (χ4n) is 2.10. The van der Waals surface area contributed by atoms with Crippen molar-refractivity contribution in [2.45, 2.75) is 84.6 Å². The monoisotopic (exact) mass is 270 g/mol. The topological polar surface area (TPSA) is 55.1 Å². The van der Waals surface area contributed by atoms with E-state index in [2.05, 4.69) is 19.2 Å². The Balaban J connectivity index is 3.36. The van der Waals surface area contributed by atoms with E-state index in [9.17, 15) is 4.79 Å². The standard InChI is InChI=1S/C16H34N2O/c1-4-6-7-8-9-10-11-12-13-18-16(19)15(17)14(3)5-2/h14-15H,4-13,17H2,1-3H3,(H,18,19). The van der Waals surface area contributed by atoms with Crippen molar-refractivity contribution < 1.29 is 4.79 Å². The van der Waals surface area contributed by atoms with Crippen molar-refractivity contribution in [1.29, 1.82) is 0 Å². The highest BCUT2D eigenvalue weighted by Gasteiger charge is 2.18. The lowest BCUT2D eigenvalue weighted by Gasteiger charge is -2.17. The molecule has 2 unspecified atom stereocenters. The molecule has 0 heterocycles. The van der Waals surface area contributed by atoms with Gasteiger partial charge in [-0.1, -0.05) is 72.1 Å². The summed E-state index contributed by atoms with van der Waals surface area (Å²) < 4.78 is 0. The predicted molar refractivity (Wildman–Crippen MR) is 83.1 cm³/mol. The first kappa shape index (κ1) is 18.4. The molecule has 1 amide bonds. The Bertz CT molecular complexity index is 219. The molecule has 0 aliphatic carbocycles. The second-order valence-electron chi connectivity index (χ2n) is 5.68. The van der Waals surface area contributed by atoms with Crippen LogP contribution < -0.4 is 11.1 Å². The number of rotatable bonds is 12. The molecule has 0 aliphatic rings. The maximum Gasteiger partial charge on any atom is 0.237 e. The van der Waals surface area contributed by atoms with Crippen molar-refractivity contribution in [3.8, 4) is 0 Å². The highest BCUT2D eigenvalue weighted by molar-refractivity contribution is 5.81. The fourth-order valence-corrected chi connectivity index (χ4v) is 2.10. The van der Waals surface area contributed by atoms with Gasteiger partial charge in [-0.3, -0.25) is 4.79 Å². The molecule has 0 aromatic carbocycles. The highest BCUT2D eigenvalue weighted by atomic mass is 16.2. The minimum atomic E-state index is -0.348. The predicted octanol–water partition coefficient (Wildman–Crippen LogP) is 3.62. The summed E-state index contributed by atoms with van der Waals surface area (Å²) in [5.74, 6) is 0.274. The number of nitrogens with one attached hydrogen (secondary N) is 1. The fraction of sp³-hybridized carbons (Fsp3) is 0.938. The Labute approximate surface area is 119 Å². The van der Waals surface area contributed by atoms with Gasteiger partial charge in [0, 0.05) is 6.54 Å². The third kappa shape index (κ3) is 9.94. The van der Waals surface area contributed by atoms with Crippen molar-refractivity contribution in [2.24, 2.45) is 11.7 Å². The lowest BCUT2D eigenvalue weighted by Crippen LogP contribution is -2.44. The summed E-state index contributed by atoms with van der Waals surface area (Å²) in [6.07, 6.45) is 11.3. The number of hydrogen-bond donors (Lipinski definition) is 2. The maximum absolute atomic E-state index is 11.7. The molecular formula is C16H34N2O. The molecule has 0 rings (SSSR count). The number of amides is 1. The van der Waals surface area contributed by atoms with Gasteiger partial charge in [0.15, 0.2) is 0 Å². The molecule has 114 valence electrons. The summed E-state index contributed by atoms with van der Waals surface area (Å²) in [5, 5.41) is 2.94. The zero-order valence-electron chi connectivity index (χ0n) is 13.2. The number of nitrogens with two attached hydrogens (primary N) is 1. The zero-order valence-corrected chi connectivity index (χ0v) is 13.2. The SMILES string of the molecule is CCCCCCCCCCNC(=O)C(N)C(C)CC.